The van der Waals surface area contributed by atoms with Crippen LogP contribution >= 0.6 is 0 Å². The summed E-state index contributed by atoms with van der Waals surface area (Å²) >= 11 is 0. The van der Waals surface area contributed by atoms with Gasteiger partial charge in [-0.15, -0.1) is 0 Å². The summed E-state index contributed by atoms with van der Waals surface area (Å²) in [6.45, 7) is 8.55. The van der Waals surface area contributed by atoms with E-state index in [2.05, 4.69) is 25.7 Å². The molecule has 1 atom stereocenters. The molecule has 0 fully saturated rings. The molecule has 1 unspecified atom stereocenters. The summed E-state index contributed by atoms with van der Waals surface area (Å²) in [6, 6.07) is -0.398. The van der Waals surface area contributed by atoms with Crippen molar-refractivity contribution < 1.29 is 61.3 Å². The van der Waals surface area contributed by atoms with Gasteiger partial charge >= 0.3 is 51.4 Å². The molecule has 0 radical (unpaired) electrons. The third-order valence-corrected chi connectivity index (χ3v) is 11.9. The van der Waals surface area contributed by atoms with E-state index in [1.807, 2.05) is 0 Å². The van der Waals surface area contributed by atoms with Crippen molar-refractivity contribution in [1.29, 1.82) is 0 Å². The van der Waals surface area contributed by atoms with Crippen molar-refractivity contribution in [2.24, 2.45) is 0 Å². The van der Waals surface area contributed by atoms with E-state index in [1.165, 1.54) is 244 Å². The fourth-order valence-corrected chi connectivity index (χ4v) is 8.29. The van der Waals surface area contributed by atoms with E-state index in [4.69, 9.17) is 0 Å². The Kier molecular flexibility index (Phi) is 52.2. The van der Waals surface area contributed by atoms with Crippen LogP contribution in [0, 0.1) is 0 Å². The van der Waals surface area contributed by atoms with Crippen LogP contribution in [-0.2, 0) is 4.79 Å². The first-order chi connectivity index (χ1) is 25.7. The van der Waals surface area contributed by atoms with Crippen LogP contribution < -0.4 is 56.5 Å². The molecule has 0 aromatic rings. The van der Waals surface area contributed by atoms with Gasteiger partial charge in [0.25, 0.3) is 0 Å². The second kappa shape index (κ2) is 49.2. The number of aliphatic carboxylic acids is 1. The number of nitrogens with zero attached hydrogens (tertiary/aromatic N) is 1. The largest absolute Gasteiger partial charge is 1.00 e. The Labute approximate surface area is 378 Å². The molecule has 0 aliphatic rings. The van der Waals surface area contributed by atoms with E-state index < -0.39 is 12.0 Å². The number of hydrogen-bond acceptors (Lipinski definition) is 3. The van der Waals surface area contributed by atoms with Crippen LogP contribution in [0.5, 0.6) is 0 Å². The molecule has 0 aliphatic heterocycles. The monoisotopic (exact) mass is 772 g/mol. The minimum Gasteiger partial charge on any atom is -0.548 e. The molecular weight excluding hydrogens is 674 g/mol. The van der Waals surface area contributed by atoms with E-state index in [0.717, 1.165) is 38.8 Å². The normalized spacial score (nSPS) is 12.1. The summed E-state index contributed by atoms with van der Waals surface area (Å²) in [5.74, 6) is -0.858. The van der Waals surface area contributed by atoms with Crippen molar-refractivity contribution in [2.75, 3.05) is 13.1 Å². The van der Waals surface area contributed by atoms with Gasteiger partial charge in [-0.25, -0.2) is 0 Å². The Bertz CT molecular complexity index is 629. The summed E-state index contributed by atoms with van der Waals surface area (Å²) < 4.78 is 0. The van der Waals surface area contributed by atoms with Crippen LogP contribution in [0.4, 0.5) is 0 Å². The summed E-state index contributed by atoms with van der Waals surface area (Å²) in [7, 11) is 0. The quantitative estimate of drug-likeness (QED) is 0.0457. The maximum atomic E-state index is 12.0. The molecule has 0 aromatic carbocycles. The molecule has 0 aromatic heterocycles. The fourth-order valence-electron chi connectivity index (χ4n) is 8.29. The zero-order valence-corrected chi connectivity index (χ0v) is 40.6. The Morgan fingerprint density at radius 2 is 0.528 bits per heavy atom. The van der Waals surface area contributed by atoms with E-state index in [-0.39, 0.29) is 51.4 Å². The molecule has 0 aliphatic carbocycles. The van der Waals surface area contributed by atoms with Crippen LogP contribution in [0.3, 0.4) is 0 Å². The summed E-state index contributed by atoms with van der Waals surface area (Å²) in [4.78, 5) is 14.3. The van der Waals surface area contributed by atoms with Crippen LogP contribution in [0.2, 0.25) is 0 Å². The van der Waals surface area contributed by atoms with Crippen molar-refractivity contribution in [3.63, 3.8) is 0 Å². The third kappa shape index (κ3) is 44.0. The van der Waals surface area contributed by atoms with Crippen LogP contribution in [0.1, 0.15) is 290 Å². The van der Waals surface area contributed by atoms with Crippen LogP contribution in [0.25, 0.3) is 0 Å². The van der Waals surface area contributed by atoms with Gasteiger partial charge in [0.2, 0.25) is 0 Å². The molecule has 0 heterocycles. The molecule has 0 rings (SSSR count). The van der Waals surface area contributed by atoms with E-state index in [9.17, 15) is 9.90 Å². The van der Waals surface area contributed by atoms with Gasteiger partial charge < -0.3 is 9.90 Å². The van der Waals surface area contributed by atoms with E-state index in [0.29, 0.717) is 0 Å². The van der Waals surface area contributed by atoms with Crippen molar-refractivity contribution in [3.8, 4) is 0 Å². The Morgan fingerprint density at radius 1 is 0.340 bits per heavy atom. The van der Waals surface area contributed by atoms with Crippen LogP contribution in [0.15, 0.2) is 0 Å². The second-order valence-corrected chi connectivity index (χ2v) is 17.1. The summed E-state index contributed by atoms with van der Waals surface area (Å²) in [5.41, 5.74) is 0. The van der Waals surface area contributed by atoms with Crippen molar-refractivity contribution in [3.05, 3.63) is 0 Å². The molecule has 4 heteroatoms. The van der Waals surface area contributed by atoms with Gasteiger partial charge in [-0.3, -0.25) is 4.90 Å². The molecule has 312 valence electrons. The van der Waals surface area contributed by atoms with E-state index >= 15 is 0 Å². The number of unbranched alkanes of at least 4 members (excludes halogenated alkanes) is 38. The zero-order chi connectivity index (χ0) is 37.8. The van der Waals surface area contributed by atoms with Gasteiger partial charge in [0, 0.05) is 6.04 Å². The molecule has 0 bridgehead atoms. The molecule has 0 N–H and O–H groups in total. The zero-order valence-electron chi connectivity index (χ0n) is 37.5. The number of carboxylic acids is 1. The van der Waals surface area contributed by atoms with Gasteiger partial charge in [0.15, 0.2) is 0 Å². The molecule has 0 amide bonds. The summed E-state index contributed by atoms with van der Waals surface area (Å²) in [5, 5.41) is 12.0. The number of carboxylic acid groups (broad SMARTS) is 1. The topological polar surface area (TPSA) is 43.4 Å². The van der Waals surface area contributed by atoms with Crippen molar-refractivity contribution >= 4 is 5.97 Å². The predicted molar refractivity (Wildman–Crippen MR) is 231 cm³/mol. The molecule has 53 heavy (non-hydrogen) atoms. The Balaban J connectivity index is 0. The average molecular weight is 772 g/mol. The Morgan fingerprint density at radius 3 is 0.698 bits per heavy atom. The van der Waals surface area contributed by atoms with E-state index in [1.54, 1.807) is 0 Å². The second-order valence-electron chi connectivity index (χ2n) is 17.1. The van der Waals surface area contributed by atoms with Gasteiger partial charge in [0.1, 0.15) is 0 Å². The van der Waals surface area contributed by atoms with Gasteiger partial charge in [-0.1, -0.05) is 271 Å². The first kappa shape index (κ1) is 56.2. The number of hydrogen-bond donors (Lipinski definition) is 0. The number of carbonyl (C=O) groups excluding carboxylic acids is 1. The minimum atomic E-state index is -0.858. The van der Waals surface area contributed by atoms with Crippen molar-refractivity contribution in [2.45, 2.75) is 296 Å². The Hall–Kier alpha value is 1.07. The molecule has 0 spiro atoms. The third-order valence-electron chi connectivity index (χ3n) is 11.9. The van der Waals surface area contributed by atoms with Gasteiger partial charge in [-0.05, 0) is 32.4 Å². The summed E-state index contributed by atoms with van der Waals surface area (Å²) in [6.07, 6.45) is 57.4. The SMILES string of the molecule is CCCCCCCCCCCCCCCCCCCCCCN(CCCCCCCCCCCCCCCCCCCCCC)C(CCC)C(=O)[O-].[K+]. The van der Waals surface area contributed by atoms with Gasteiger partial charge in [0.05, 0.1) is 5.97 Å². The first-order valence-corrected chi connectivity index (χ1v) is 24.6. The molecule has 0 saturated heterocycles. The number of rotatable bonds is 46. The molecule has 0 saturated carbocycles. The first-order valence-electron chi connectivity index (χ1n) is 24.6. The molecule has 3 nitrogen and oxygen atoms in total. The fraction of sp³-hybridized carbons (Fsp3) is 0.980. The number of carbonyl (C=O) groups is 1. The average Bonchev–Trinajstić information content (AvgIpc) is 3.14. The van der Waals surface area contributed by atoms with Crippen molar-refractivity contribution in [1.82, 2.24) is 4.90 Å². The standard InChI is InChI=1S/C49H99NO2.K/c1-4-7-9-11-13-15-17-19-21-23-25-27-29-31-33-35-37-39-41-43-46-50(48(45-6-3)49(51)52)47-44-42-40-38-36-34-32-30-28-26-24-22-20-18-16-14-12-10-8-5-2;/h48H,4-47H2,1-3H3,(H,51,52);/q;+1/p-1. The molecular formula is C49H98KNO2. The smallest absolute Gasteiger partial charge is 0.548 e. The van der Waals surface area contributed by atoms with Gasteiger partial charge in [-0.2, -0.15) is 0 Å². The minimum absolute atomic E-state index is 0. The predicted octanol–water partition coefficient (Wildman–Crippen LogP) is 12.9. The van der Waals surface area contributed by atoms with Crippen LogP contribution in [-0.4, -0.2) is 30.0 Å². The maximum absolute atomic E-state index is 12.0. The maximum Gasteiger partial charge on any atom is 1.00 e.